The molecule has 0 amide bonds. The van der Waals surface area contributed by atoms with Gasteiger partial charge in [0.25, 0.3) is 0 Å². The summed E-state index contributed by atoms with van der Waals surface area (Å²) in [5.41, 5.74) is 1.77. The lowest BCUT2D eigenvalue weighted by atomic mass is 10.1. The average Bonchev–Trinajstić information content (AvgIpc) is 2.32. The Labute approximate surface area is 115 Å². The Balaban J connectivity index is 2.46. The van der Waals surface area contributed by atoms with Crippen LogP contribution in [0.15, 0.2) is 18.2 Å². The van der Waals surface area contributed by atoms with Crippen LogP contribution >= 0.6 is 23.2 Å². The fourth-order valence-electron chi connectivity index (χ4n) is 1.39. The number of rotatable bonds is 3. The summed E-state index contributed by atoms with van der Waals surface area (Å²) in [6.45, 7) is 4.24. The van der Waals surface area contributed by atoms with Gasteiger partial charge in [-0.05, 0) is 37.1 Å². The van der Waals surface area contributed by atoms with Gasteiger partial charge in [0.05, 0.1) is 6.61 Å². The van der Waals surface area contributed by atoms with Crippen molar-refractivity contribution in [2.45, 2.75) is 13.8 Å². The summed E-state index contributed by atoms with van der Waals surface area (Å²) in [6, 6.07) is 5.78. The van der Waals surface area contributed by atoms with Crippen LogP contribution in [-0.2, 0) is 0 Å². The number of hydrogen-bond donors (Lipinski definition) is 0. The van der Waals surface area contributed by atoms with Crippen LogP contribution in [0.4, 0.5) is 0 Å². The molecule has 18 heavy (non-hydrogen) atoms. The molecule has 0 bridgehead atoms. The second-order valence-corrected chi connectivity index (χ2v) is 4.35. The van der Waals surface area contributed by atoms with Crippen molar-refractivity contribution in [3.63, 3.8) is 0 Å². The third kappa shape index (κ3) is 2.89. The zero-order chi connectivity index (χ0) is 13.1. The minimum absolute atomic E-state index is 0.0974. The molecule has 0 radical (unpaired) electrons. The first kappa shape index (κ1) is 13.1. The molecular formula is C12H11Cl2N3O. The second-order valence-electron chi connectivity index (χ2n) is 3.61. The van der Waals surface area contributed by atoms with Crippen LogP contribution in [-0.4, -0.2) is 21.6 Å². The lowest BCUT2D eigenvalue weighted by Gasteiger charge is -2.05. The molecule has 1 heterocycles. The topological polar surface area (TPSA) is 47.9 Å². The van der Waals surface area contributed by atoms with Crippen molar-refractivity contribution < 1.29 is 4.74 Å². The van der Waals surface area contributed by atoms with Gasteiger partial charge in [0.2, 0.25) is 5.28 Å². The first-order valence-corrected chi connectivity index (χ1v) is 6.16. The Morgan fingerprint density at radius 2 is 1.94 bits per heavy atom. The summed E-state index contributed by atoms with van der Waals surface area (Å²) in [7, 11) is 0. The van der Waals surface area contributed by atoms with Crippen molar-refractivity contribution in [2.24, 2.45) is 0 Å². The van der Waals surface area contributed by atoms with Crippen molar-refractivity contribution >= 4 is 23.2 Å². The van der Waals surface area contributed by atoms with E-state index in [9.17, 15) is 0 Å². The zero-order valence-electron chi connectivity index (χ0n) is 9.94. The largest absolute Gasteiger partial charge is 0.464 e. The molecule has 4 nitrogen and oxygen atoms in total. The number of hydrogen-bond acceptors (Lipinski definition) is 4. The summed E-state index contributed by atoms with van der Waals surface area (Å²) in [5, 5.41) is 0.752. The third-order valence-corrected chi connectivity index (χ3v) is 2.87. The monoisotopic (exact) mass is 283 g/mol. The number of ether oxygens (including phenoxy) is 1. The van der Waals surface area contributed by atoms with Crippen LogP contribution in [0.25, 0.3) is 11.4 Å². The molecule has 1 aromatic carbocycles. The molecule has 0 unspecified atom stereocenters. The summed E-state index contributed by atoms with van der Waals surface area (Å²) >= 11 is 11.9. The van der Waals surface area contributed by atoms with Gasteiger partial charge < -0.3 is 4.74 Å². The van der Waals surface area contributed by atoms with Gasteiger partial charge in [-0.25, -0.2) is 0 Å². The van der Waals surface area contributed by atoms with Gasteiger partial charge in [-0.15, -0.1) is 0 Å². The maximum atomic E-state index is 6.07. The molecule has 0 aliphatic rings. The molecule has 2 aromatic rings. The van der Waals surface area contributed by atoms with Crippen molar-refractivity contribution in [3.8, 4) is 17.4 Å². The van der Waals surface area contributed by atoms with E-state index in [1.54, 1.807) is 6.07 Å². The van der Waals surface area contributed by atoms with E-state index in [0.29, 0.717) is 17.5 Å². The van der Waals surface area contributed by atoms with Crippen molar-refractivity contribution in [1.82, 2.24) is 15.0 Å². The fourth-order valence-corrected chi connectivity index (χ4v) is 1.72. The van der Waals surface area contributed by atoms with Crippen LogP contribution < -0.4 is 4.74 Å². The molecule has 94 valence electrons. The second kappa shape index (κ2) is 5.50. The standard InChI is InChI=1S/C12H11Cl2N3O/c1-3-18-12-16-10(15-11(14)17-12)8-5-4-7(2)9(13)6-8/h4-6H,3H2,1-2H3. The smallest absolute Gasteiger partial charge is 0.321 e. The molecule has 0 atom stereocenters. The highest BCUT2D eigenvalue weighted by Gasteiger charge is 2.09. The molecule has 0 N–H and O–H groups in total. The number of halogens is 2. The molecule has 1 aromatic heterocycles. The number of benzene rings is 1. The van der Waals surface area contributed by atoms with E-state index in [0.717, 1.165) is 11.1 Å². The molecule has 6 heteroatoms. The number of aryl methyl sites for hydroxylation is 1. The quantitative estimate of drug-likeness (QED) is 0.864. The highest BCUT2D eigenvalue weighted by atomic mass is 35.5. The van der Waals surface area contributed by atoms with Gasteiger partial charge in [-0.1, -0.05) is 23.7 Å². The number of nitrogens with zero attached hydrogens (tertiary/aromatic N) is 3. The van der Waals surface area contributed by atoms with Gasteiger partial charge >= 0.3 is 6.01 Å². The highest BCUT2D eigenvalue weighted by molar-refractivity contribution is 6.31. The van der Waals surface area contributed by atoms with E-state index < -0.39 is 0 Å². The van der Waals surface area contributed by atoms with Gasteiger partial charge in [-0.2, -0.15) is 15.0 Å². The van der Waals surface area contributed by atoms with Crippen LogP contribution in [0.3, 0.4) is 0 Å². The van der Waals surface area contributed by atoms with E-state index >= 15 is 0 Å². The van der Waals surface area contributed by atoms with Gasteiger partial charge in [0.1, 0.15) is 0 Å². The Hall–Kier alpha value is -1.39. The van der Waals surface area contributed by atoms with Crippen LogP contribution in [0, 0.1) is 6.92 Å². The van der Waals surface area contributed by atoms with E-state index in [1.807, 2.05) is 26.0 Å². The normalized spacial score (nSPS) is 10.4. The van der Waals surface area contributed by atoms with Crippen molar-refractivity contribution in [2.75, 3.05) is 6.61 Å². The molecule has 2 rings (SSSR count). The first-order valence-electron chi connectivity index (χ1n) is 5.41. The Kier molecular flexibility index (Phi) is 3.99. The Morgan fingerprint density at radius 1 is 1.17 bits per heavy atom. The van der Waals surface area contributed by atoms with E-state index in [-0.39, 0.29) is 11.3 Å². The van der Waals surface area contributed by atoms with Gasteiger partial charge in [-0.3, -0.25) is 0 Å². The fraction of sp³-hybridized carbons (Fsp3) is 0.250. The zero-order valence-corrected chi connectivity index (χ0v) is 11.5. The van der Waals surface area contributed by atoms with Gasteiger partial charge in [0.15, 0.2) is 5.82 Å². The lowest BCUT2D eigenvalue weighted by Crippen LogP contribution is -2.01. The Bertz CT molecular complexity index is 575. The van der Waals surface area contributed by atoms with E-state index in [4.69, 9.17) is 27.9 Å². The minimum Gasteiger partial charge on any atom is -0.464 e. The third-order valence-electron chi connectivity index (χ3n) is 2.29. The predicted octanol–water partition coefficient (Wildman–Crippen LogP) is 3.55. The van der Waals surface area contributed by atoms with Crippen LogP contribution in [0.1, 0.15) is 12.5 Å². The highest BCUT2D eigenvalue weighted by Crippen LogP contribution is 2.24. The molecule has 0 fully saturated rings. The summed E-state index contributed by atoms with van der Waals surface area (Å²) in [4.78, 5) is 12.1. The Morgan fingerprint density at radius 3 is 2.61 bits per heavy atom. The molecule has 0 saturated heterocycles. The van der Waals surface area contributed by atoms with E-state index in [2.05, 4.69) is 15.0 Å². The van der Waals surface area contributed by atoms with Gasteiger partial charge in [0, 0.05) is 10.6 Å². The SMILES string of the molecule is CCOc1nc(Cl)nc(-c2ccc(C)c(Cl)c2)n1. The molecule has 0 aliphatic heterocycles. The average molecular weight is 284 g/mol. The van der Waals surface area contributed by atoms with Crippen molar-refractivity contribution in [1.29, 1.82) is 0 Å². The summed E-state index contributed by atoms with van der Waals surface area (Å²) in [5.74, 6) is 0.445. The molecular weight excluding hydrogens is 273 g/mol. The molecule has 0 aliphatic carbocycles. The maximum absolute atomic E-state index is 6.07. The summed E-state index contributed by atoms with van der Waals surface area (Å²) in [6.07, 6.45) is 0. The summed E-state index contributed by atoms with van der Waals surface area (Å²) < 4.78 is 5.22. The van der Waals surface area contributed by atoms with Crippen molar-refractivity contribution in [3.05, 3.63) is 34.1 Å². The van der Waals surface area contributed by atoms with Crippen LogP contribution in [0.5, 0.6) is 6.01 Å². The minimum atomic E-state index is 0.0974. The first-order chi connectivity index (χ1) is 8.60. The molecule has 0 spiro atoms. The van der Waals surface area contributed by atoms with E-state index in [1.165, 1.54) is 0 Å². The van der Waals surface area contributed by atoms with Crippen LogP contribution in [0.2, 0.25) is 10.3 Å². The number of aromatic nitrogens is 3. The maximum Gasteiger partial charge on any atom is 0.321 e. The molecule has 0 saturated carbocycles. The lowest BCUT2D eigenvalue weighted by molar-refractivity contribution is 0.312. The predicted molar refractivity (Wildman–Crippen MR) is 71.2 cm³/mol.